The summed E-state index contributed by atoms with van der Waals surface area (Å²) in [4.78, 5) is 12.2. The summed E-state index contributed by atoms with van der Waals surface area (Å²) in [6.45, 7) is 7.99. The molecule has 1 heterocycles. The van der Waals surface area contributed by atoms with Crippen LogP contribution in [0.2, 0.25) is 0 Å². The highest BCUT2D eigenvalue weighted by Crippen LogP contribution is 2.26. The number of ether oxygens (including phenoxy) is 1. The fourth-order valence-corrected chi connectivity index (χ4v) is 2.33. The summed E-state index contributed by atoms with van der Waals surface area (Å²) < 4.78 is 7.11. The van der Waals surface area contributed by atoms with E-state index < -0.39 is 0 Å². The largest absolute Gasteiger partial charge is 0.461 e. The van der Waals surface area contributed by atoms with Gasteiger partial charge >= 0.3 is 5.97 Å². The Morgan fingerprint density at radius 3 is 2.85 bits per heavy atom. The fraction of sp³-hybridized carbons (Fsp3) is 0.235. The number of rotatable bonds is 5. The summed E-state index contributed by atoms with van der Waals surface area (Å²) in [7, 11) is 0. The highest BCUT2D eigenvalue weighted by atomic mass is 16.5. The molecule has 0 aliphatic heterocycles. The maximum Gasteiger partial charge on any atom is 0.355 e. The molecule has 0 aliphatic carbocycles. The third kappa shape index (κ3) is 2.52. The van der Waals surface area contributed by atoms with Crippen LogP contribution in [0.4, 0.5) is 0 Å². The molecule has 0 saturated carbocycles. The van der Waals surface area contributed by atoms with Crippen LogP contribution >= 0.6 is 0 Å². The van der Waals surface area contributed by atoms with E-state index in [1.54, 1.807) is 0 Å². The lowest BCUT2D eigenvalue weighted by Gasteiger charge is -2.15. The van der Waals surface area contributed by atoms with E-state index in [4.69, 9.17) is 4.74 Å². The van der Waals surface area contributed by atoms with Gasteiger partial charge in [-0.1, -0.05) is 36.4 Å². The van der Waals surface area contributed by atoms with Gasteiger partial charge in [0.05, 0.1) is 12.6 Å². The zero-order valence-corrected chi connectivity index (χ0v) is 11.9. The zero-order chi connectivity index (χ0) is 14.5. The quantitative estimate of drug-likeness (QED) is 0.604. The van der Waals surface area contributed by atoms with Crippen LogP contribution in [-0.4, -0.2) is 17.1 Å². The van der Waals surface area contributed by atoms with E-state index in [1.807, 2.05) is 67.0 Å². The van der Waals surface area contributed by atoms with Crippen molar-refractivity contribution in [1.29, 1.82) is 0 Å². The number of benzene rings is 1. The van der Waals surface area contributed by atoms with Crippen LogP contribution < -0.4 is 0 Å². The first-order chi connectivity index (χ1) is 9.72. The van der Waals surface area contributed by atoms with Crippen LogP contribution in [0.1, 0.15) is 30.4 Å². The maximum atomic E-state index is 12.2. The topological polar surface area (TPSA) is 31.2 Å². The standard InChI is InChI=1S/C17H19NO2/c1-4-9-14(5-2)18-15-11-8-7-10-13(15)12-16(18)17(19)20-6-3/h4-5,7-12,14H,2,6H2,1,3H3/b9-4+/t14-/m1/s1. The van der Waals surface area contributed by atoms with Crippen molar-refractivity contribution in [3.05, 3.63) is 60.8 Å². The molecule has 0 bridgehead atoms. The van der Waals surface area contributed by atoms with Gasteiger partial charge in [0, 0.05) is 10.9 Å². The van der Waals surface area contributed by atoms with Crippen LogP contribution in [0.25, 0.3) is 10.9 Å². The molecule has 2 aromatic rings. The van der Waals surface area contributed by atoms with Gasteiger partial charge in [0.2, 0.25) is 0 Å². The van der Waals surface area contributed by atoms with E-state index in [0.29, 0.717) is 12.3 Å². The van der Waals surface area contributed by atoms with Crippen molar-refractivity contribution in [2.75, 3.05) is 6.61 Å². The van der Waals surface area contributed by atoms with Gasteiger partial charge in [-0.15, -0.1) is 6.58 Å². The van der Waals surface area contributed by atoms with Crippen molar-refractivity contribution in [2.24, 2.45) is 0 Å². The average molecular weight is 269 g/mol. The van der Waals surface area contributed by atoms with Crippen molar-refractivity contribution in [2.45, 2.75) is 19.9 Å². The normalized spacial score (nSPS) is 12.7. The van der Waals surface area contributed by atoms with Gasteiger partial charge in [0.15, 0.2) is 0 Å². The second-order valence-electron chi connectivity index (χ2n) is 4.43. The van der Waals surface area contributed by atoms with Crippen LogP contribution in [0, 0.1) is 0 Å². The Morgan fingerprint density at radius 1 is 1.45 bits per heavy atom. The molecule has 104 valence electrons. The van der Waals surface area contributed by atoms with Gasteiger partial charge in [-0.2, -0.15) is 0 Å². The molecule has 0 fully saturated rings. The highest BCUT2D eigenvalue weighted by Gasteiger charge is 2.19. The predicted octanol–water partition coefficient (Wildman–Crippen LogP) is 4.12. The molecule has 0 radical (unpaired) electrons. The molecule has 0 aliphatic rings. The van der Waals surface area contributed by atoms with E-state index in [0.717, 1.165) is 10.9 Å². The second kappa shape index (κ2) is 6.24. The minimum Gasteiger partial charge on any atom is -0.461 e. The van der Waals surface area contributed by atoms with Crippen molar-refractivity contribution < 1.29 is 9.53 Å². The zero-order valence-electron chi connectivity index (χ0n) is 11.9. The van der Waals surface area contributed by atoms with E-state index in [1.165, 1.54) is 0 Å². The number of para-hydroxylation sites is 1. The lowest BCUT2D eigenvalue weighted by atomic mass is 10.2. The number of esters is 1. The first-order valence-electron chi connectivity index (χ1n) is 6.75. The highest BCUT2D eigenvalue weighted by molar-refractivity contribution is 5.96. The fourth-order valence-electron chi connectivity index (χ4n) is 2.33. The monoisotopic (exact) mass is 269 g/mol. The Hall–Kier alpha value is -2.29. The second-order valence-corrected chi connectivity index (χ2v) is 4.43. The summed E-state index contributed by atoms with van der Waals surface area (Å²) in [5, 5.41) is 1.02. The average Bonchev–Trinajstić information content (AvgIpc) is 2.84. The van der Waals surface area contributed by atoms with Crippen LogP contribution in [0.3, 0.4) is 0 Å². The number of carbonyl (C=O) groups is 1. The summed E-state index contributed by atoms with van der Waals surface area (Å²) in [5.74, 6) is -0.306. The van der Waals surface area contributed by atoms with Gasteiger partial charge in [0.25, 0.3) is 0 Å². The van der Waals surface area contributed by atoms with E-state index in [-0.39, 0.29) is 12.0 Å². The lowest BCUT2D eigenvalue weighted by molar-refractivity contribution is 0.0514. The van der Waals surface area contributed by atoms with Crippen LogP contribution in [0.5, 0.6) is 0 Å². The van der Waals surface area contributed by atoms with Crippen molar-refractivity contribution >= 4 is 16.9 Å². The molecule has 0 N–H and O–H groups in total. The number of allylic oxidation sites excluding steroid dienone is 3. The van der Waals surface area contributed by atoms with Crippen molar-refractivity contribution in [3.63, 3.8) is 0 Å². The molecule has 1 atom stereocenters. The predicted molar refractivity (Wildman–Crippen MR) is 81.9 cm³/mol. The van der Waals surface area contributed by atoms with E-state index >= 15 is 0 Å². The molecule has 1 aromatic carbocycles. The molecule has 0 unspecified atom stereocenters. The van der Waals surface area contributed by atoms with Gasteiger partial charge < -0.3 is 9.30 Å². The first kappa shape index (κ1) is 14.1. The summed E-state index contributed by atoms with van der Waals surface area (Å²) >= 11 is 0. The molecule has 0 saturated heterocycles. The molecule has 0 amide bonds. The summed E-state index contributed by atoms with van der Waals surface area (Å²) in [6.07, 6.45) is 5.77. The Balaban J connectivity index is 2.66. The third-order valence-corrected chi connectivity index (χ3v) is 3.16. The minimum absolute atomic E-state index is 0.0701. The molecule has 20 heavy (non-hydrogen) atoms. The number of carbonyl (C=O) groups excluding carboxylic acids is 1. The van der Waals surface area contributed by atoms with Crippen LogP contribution in [0.15, 0.2) is 55.1 Å². The Kier molecular flexibility index (Phi) is 4.41. The summed E-state index contributed by atoms with van der Waals surface area (Å²) in [6, 6.07) is 9.71. The minimum atomic E-state index is -0.306. The van der Waals surface area contributed by atoms with Gasteiger partial charge in [-0.25, -0.2) is 4.79 Å². The molecule has 0 spiro atoms. The molecule has 2 rings (SSSR count). The van der Waals surface area contributed by atoms with Gasteiger partial charge in [0.1, 0.15) is 5.69 Å². The Morgan fingerprint density at radius 2 is 2.20 bits per heavy atom. The maximum absolute atomic E-state index is 12.2. The Bertz CT molecular complexity index is 652. The molecular formula is C17H19NO2. The van der Waals surface area contributed by atoms with Gasteiger partial charge in [-0.05, 0) is 26.0 Å². The SMILES string of the molecule is C=C[C@H](/C=C/C)n1c(C(=O)OCC)cc2ccccc21. The van der Waals surface area contributed by atoms with Gasteiger partial charge in [-0.3, -0.25) is 0 Å². The Labute approximate surface area is 119 Å². The number of fused-ring (bicyclic) bond motifs is 1. The molecule has 3 heteroatoms. The number of hydrogen-bond donors (Lipinski definition) is 0. The lowest BCUT2D eigenvalue weighted by Crippen LogP contribution is -2.14. The van der Waals surface area contributed by atoms with Crippen molar-refractivity contribution in [3.8, 4) is 0 Å². The van der Waals surface area contributed by atoms with E-state index in [9.17, 15) is 4.79 Å². The molecule has 3 nitrogen and oxygen atoms in total. The summed E-state index contributed by atoms with van der Waals surface area (Å²) in [5.41, 5.74) is 1.55. The number of hydrogen-bond acceptors (Lipinski definition) is 2. The van der Waals surface area contributed by atoms with Crippen molar-refractivity contribution in [1.82, 2.24) is 4.57 Å². The molecular weight excluding hydrogens is 250 g/mol. The van der Waals surface area contributed by atoms with Crippen LogP contribution in [-0.2, 0) is 4.74 Å². The van der Waals surface area contributed by atoms with E-state index in [2.05, 4.69) is 6.58 Å². The number of nitrogens with zero attached hydrogens (tertiary/aromatic N) is 1. The number of aromatic nitrogens is 1. The smallest absolute Gasteiger partial charge is 0.355 e. The first-order valence-corrected chi connectivity index (χ1v) is 6.75. The molecule has 1 aromatic heterocycles. The third-order valence-electron chi connectivity index (χ3n) is 3.16.